The molecule has 0 radical (unpaired) electrons. The molecule has 3 aromatic carbocycles. The minimum absolute atomic E-state index is 0.194. The van der Waals surface area contributed by atoms with E-state index in [1.54, 1.807) is 7.11 Å². The molecule has 22 heavy (non-hydrogen) atoms. The van der Waals surface area contributed by atoms with Gasteiger partial charge in [0.2, 0.25) is 0 Å². The highest BCUT2D eigenvalue weighted by Gasteiger charge is 2.13. The van der Waals surface area contributed by atoms with Crippen LogP contribution in [0.4, 0.5) is 0 Å². The second kappa shape index (κ2) is 6.46. The van der Waals surface area contributed by atoms with Crippen LogP contribution < -0.4 is 10.5 Å². The van der Waals surface area contributed by atoms with Crippen molar-refractivity contribution in [2.45, 2.75) is 6.04 Å². The summed E-state index contributed by atoms with van der Waals surface area (Å²) in [5, 5.41) is 0. The Balaban J connectivity index is 1.89. The summed E-state index contributed by atoms with van der Waals surface area (Å²) in [5.74, 6) is 0.821. The quantitative estimate of drug-likeness (QED) is 0.772. The number of rotatable bonds is 4. The van der Waals surface area contributed by atoms with Crippen molar-refractivity contribution in [3.63, 3.8) is 0 Å². The van der Waals surface area contributed by atoms with Gasteiger partial charge in [-0.1, -0.05) is 72.8 Å². The third-order valence-corrected chi connectivity index (χ3v) is 3.85. The van der Waals surface area contributed by atoms with Crippen molar-refractivity contribution in [1.82, 2.24) is 0 Å². The van der Waals surface area contributed by atoms with E-state index in [4.69, 9.17) is 10.5 Å². The van der Waals surface area contributed by atoms with E-state index in [0.717, 1.165) is 16.9 Å². The molecule has 0 aliphatic rings. The highest BCUT2D eigenvalue weighted by atomic mass is 16.5. The number of nitrogens with two attached hydrogens (primary N) is 1. The maximum absolute atomic E-state index is 6.40. The SMILES string of the molecule is COc1ccccc1C(N)c1ccc(-c2ccccc2)cc1. The average Bonchev–Trinajstić information content (AvgIpc) is 2.62. The van der Waals surface area contributed by atoms with E-state index in [-0.39, 0.29) is 6.04 Å². The molecule has 0 fully saturated rings. The van der Waals surface area contributed by atoms with Crippen LogP contribution >= 0.6 is 0 Å². The lowest BCUT2D eigenvalue weighted by Crippen LogP contribution is -2.12. The first-order chi connectivity index (χ1) is 10.8. The smallest absolute Gasteiger partial charge is 0.123 e. The van der Waals surface area contributed by atoms with Gasteiger partial charge in [0.05, 0.1) is 13.2 Å². The molecule has 2 heteroatoms. The van der Waals surface area contributed by atoms with Crippen molar-refractivity contribution in [1.29, 1.82) is 0 Å². The first-order valence-corrected chi connectivity index (χ1v) is 7.33. The van der Waals surface area contributed by atoms with Crippen LogP contribution in [0.25, 0.3) is 11.1 Å². The average molecular weight is 289 g/mol. The lowest BCUT2D eigenvalue weighted by molar-refractivity contribution is 0.408. The molecule has 1 atom stereocenters. The van der Waals surface area contributed by atoms with Gasteiger partial charge in [-0.25, -0.2) is 0 Å². The molecule has 2 nitrogen and oxygen atoms in total. The van der Waals surface area contributed by atoms with Crippen molar-refractivity contribution < 1.29 is 4.74 Å². The second-order valence-corrected chi connectivity index (χ2v) is 5.21. The fourth-order valence-electron chi connectivity index (χ4n) is 2.62. The summed E-state index contributed by atoms with van der Waals surface area (Å²) in [5.41, 5.74) is 10.9. The van der Waals surface area contributed by atoms with E-state index in [1.807, 2.05) is 42.5 Å². The summed E-state index contributed by atoms with van der Waals surface area (Å²) >= 11 is 0. The van der Waals surface area contributed by atoms with E-state index in [2.05, 4.69) is 36.4 Å². The third kappa shape index (κ3) is 2.87. The molecule has 0 amide bonds. The fraction of sp³-hybridized carbons (Fsp3) is 0.100. The zero-order valence-electron chi connectivity index (χ0n) is 12.6. The normalized spacial score (nSPS) is 11.9. The van der Waals surface area contributed by atoms with Crippen LogP contribution in [0.1, 0.15) is 17.2 Å². The Morgan fingerprint density at radius 1 is 0.727 bits per heavy atom. The van der Waals surface area contributed by atoms with Crippen LogP contribution in [0.3, 0.4) is 0 Å². The van der Waals surface area contributed by atoms with E-state index in [1.165, 1.54) is 11.1 Å². The fourth-order valence-corrected chi connectivity index (χ4v) is 2.62. The van der Waals surface area contributed by atoms with Gasteiger partial charge in [0, 0.05) is 5.56 Å². The number of para-hydroxylation sites is 1. The minimum atomic E-state index is -0.194. The zero-order chi connectivity index (χ0) is 15.4. The summed E-state index contributed by atoms with van der Waals surface area (Å²) in [6.45, 7) is 0. The molecule has 0 aromatic heterocycles. The van der Waals surface area contributed by atoms with Gasteiger partial charge in [0.25, 0.3) is 0 Å². The van der Waals surface area contributed by atoms with Crippen LogP contribution in [0, 0.1) is 0 Å². The standard InChI is InChI=1S/C20H19NO/c1-22-19-10-6-5-9-18(19)20(21)17-13-11-16(12-14-17)15-7-3-2-4-8-15/h2-14,20H,21H2,1H3. The van der Waals surface area contributed by atoms with Crippen molar-refractivity contribution in [2.24, 2.45) is 5.73 Å². The number of hydrogen-bond donors (Lipinski definition) is 1. The van der Waals surface area contributed by atoms with E-state index < -0.39 is 0 Å². The number of hydrogen-bond acceptors (Lipinski definition) is 2. The second-order valence-electron chi connectivity index (χ2n) is 5.21. The molecule has 1 unspecified atom stereocenters. The summed E-state index contributed by atoms with van der Waals surface area (Å²) in [7, 11) is 1.67. The first-order valence-electron chi connectivity index (χ1n) is 7.33. The van der Waals surface area contributed by atoms with Gasteiger partial charge in [-0.05, 0) is 22.8 Å². The Morgan fingerprint density at radius 2 is 1.32 bits per heavy atom. The molecular formula is C20H19NO. The molecule has 0 spiro atoms. The van der Waals surface area contributed by atoms with Gasteiger partial charge in [-0.3, -0.25) is 0 Å². The lowest BCUT2D eigenvalue weighted by Gasteiger charge is -2.16. The molecule has 0 aliphatic carbocycles. The Hall–Kier alpha value is -2.58. The van der Waals surface area contributed by atoms with E-state index >= 15 is 0 Å². The van der Waals surface area contributed by atoms with E-state index in [9.17, 15) is 0 Å². The Kier molecular flexibility index (Phi) is 4.22. The Labute approximate surface area is 131 Å². The van der Waals surface area contributed by atoms with Gasteiger partial charge in [-0.15, -0.1) is 0 Å². The Morgan fingerprint density at radius 3 is 2.00 bits per heavy atom. The predicted molar refractivity (Wildman–Crippen MR) is 90.9 cm³/mol. The maximum Gasteiger partial charge on any atom is 0.123 e. The van der Waals surface area contributed by atoms with Crippen LogP contribution in [-0.2, 0) is 0 Å². The summed E-state index contributed by atoms with van der Waals surface area (Å²) in [6, 6.07) is 26.4. The highest BCUT2D eigenvalue weighted by Crippen LogP contribution is 2.29. The molecule has 0 saturated carbocycles. The Bertz CT molecular complexity index is 735. The summed E-state index contributed by atoms with van der Waals surface area (Å²) in [4.78, 5) is 0. The molecule has 110 valence electrons. The third-order valence-electron chi connectivity index (χ3n) is 3.85. The monoisotopic (exact) mass is 289 g/mol. The van der Waals surface area contributed by atoms with Crippen LogP contribution in [0.2, 0.25) is 0 Å². The number of methoxy groups -OCH3 is 1. The van der Waals surface area contributed by atoms with Crippen molar-refractivity contribution in [3.05, 3.63) is 90.0 Å². The first kappa shape index (κ1) is 14.4. The predicted octanol–water partition coefficient (Wildman–Crippen LogP) is 4.41. The molecule has 3 aromatic rings. The van der Waals surface area contributed by atoms with Crippen molar-refractivity contribution >= 4 is 0 Å². The van der Waals surface area contributed by atoms with Gasteiger partial charge < -0.3 is 10.5 Å². The molecule has 0 saturated heterocycles. The van der Waals surface area contributed by atoms with E-state index in [0.29, 0.717) is 0 Å². The van der Waals surface area contributed by atoms with Crippen LogP contribution in [-0.4, -0.2) is 7.11 Å². The molecule has 0 heterocycles. The number of ether oxygens (including phenoxy) is 1. The maximum atomic E-state index is 6.40. The van der Waals surface area contributed by atoms with Crippen molar-refractivity contribution in [2.75, 3.05) is 7.11 Å². The molecule has 0 aliphatic heterocycles. The molecule has 2 N–H and O–H groups in total. The number of benzene rings is 3. The van der Waals surface area contributed by atoms with Gasteiger partial charge in [0.15, 0.2) is 0 Å². The van der Waals surface area contributed by atoms with Gasteiger partial charge in [0.1, 0.15) is 5.75 Å². The van der Waals surface area contributed by atoms with Gasteiger partial charge >= 0.3 is 0 Å². The topological polar surface area (TPSA) is 35.2 Å². The molecular weight excluding hydrogens is 270 g/mol. The van der Waals surface area contributed by atoms with Gasteiger partial charge in [-0.2, -0.15) is 0 Å². The summed E-state index contributed by atoms with van der Waals surface area (Å²) < 4.78 is 5.40. The molecule has 3 rings (SSSR count). The van der Waals surface area contributed by atoms with Crippen LogP contribution in [0.5, 0.6) is 5.75 Å². The van der Waals surface area contributed by atoms with Crippen LogP contribution in [0.15, 0.2) is 78.9 Å². The van der Waals surface area contributed by atoms with Crippen molar-refractivity contribution in [3.8, 4) is 16.9 Å². The summed E-state index contributed by atoms with van der Waals surface area (Å²) in [6.07, 6.45) is 0. The lowest BCUT2D eigenvalue weighted by atomic mass is 9.96. The highest BCUT2D eigenvalue weighted by molar-refractivity contribution is 5.63. The largest absolute Gasteiger partial charge is 0.496 e. The molecule has 0 bridgehead atoms. The minimum Gasteiger partial charge on any atom is -0.496 e. The zero-order valence-corrected chi connectivity index (χ0v) is 12.6.